The Kier molecular flexibility index (Phi) is 5.78. The van der Waals surface area contributed by atoms with Crippen LogP contribution in [0.3, 0.4) is 0 Å². The average Bonchev–Trinajstić information content (AvgIpc) is 3.27. The SMILES string of the molecule is COc1ccc(-c2csc(NC(=O)CCCc3cccs3)n2)cc1F. The van der Waals surface area contributed by atoms with E-state index in [4.69, 9.17) is 4.74 Å². The molecule has 0 fully saturated rings. The van der Waals surface area contributed by atoms with Crippen LogP contribution in [0.5, 0.6) is 5.75 Å². The van der Waals surface area contributed by atoms with Crippen LogP contribution in [0.2, 0.25) is 0 Å². The number of ether oxygens (including phenoxy) is 1. The fourth-order valence-corrected chi connectivity index (χ4v) is 3.84. The number of halogens is 1. The minimum atomic E-state index is -0.438. The maximum atomic E-state index is 13.8. The van der Waals surface area contributed by atoms with Gasteiger partial charge in [-0.15, -0.1) is 22.7 Å². The third-order valence-corrected chi connectivity index (χ3v) is 5.30. The van der Waals surface area contributed by atoms with Crippen molar-refractivity contribution in [2.24, 2.45) is 0 Å². The van der Waals surface area contributed by atoms with E-state index in [0.717, 1.165) is 12.8 Å². The van der Waals surface area contributed by atoms with Crippen LogP contribution in [-0.2, 0) is 11.2 Å². The lowest BCUT2D eigenvalue weighted by Crippen LogP contribution is -2.11. The van der Waals surface area contributed by atoms with Gasteiger partial charge < -0.3 is 10.1 Å². The number of thiazole rings is 1. The Morgan fingerprint density at radius 2 is 2.20 bits per heavy atom. The molecule has 3 rings (SSSR count). The predicted octanol–water partition coefficient (Wildman–Crippen LogP) is 4.98. The van der Waals surface area contributed by atoms with Crippen molar-refractivity contribution < 1.29 is 13.9 Å². The van der Waals surface area contributed by atoms with Crippen LogP contribution in [0, 0.1) is 5.82 Å². The molecule has 0 radical (unpaired) electrons. The zero-order valence-electron chi connectivity index (χ0n) is 13.6. The summed E-state index contributed by atoms with van der Waals surface area (Å²) in [6, 6.07) is 8.76. The van der Waals surface area contributed by atoms with Crippen LogP contribution in [0.15, 0.2) is 41.1 Å². The Bertz CT molecular complexity index is 847. The highest BCUT2D eigenvalue weighted by Gasteiger charge is 2.10. The molecular formula is C18H17FN2O2S2. The van der Waals surface area contributed by atoms with Gasteiger partial charge in [-0.25, -0.2) is 9.37 Å². The molecule has 1 amide bonds. The number of nitrogens with zero attached hydrogens (tertiary/aromatic N) is 1. The van der Waals surface area contributed by atoms with Crippen molar-refractivity contribution >= 4 is 33.7 Å². The molecular weight excluding hydrogens is 359 g/mol. The number of rotatable bonds is 7. The molecule has 0 aliphatic carbocycles. The summed E-state index contributed by atoms with van der Waals surface area (Å²) in [4.78, 5) is 17.6. The third kappa shape index (κ3) is 4.64. The molecule has 25 heavy (non-hydrogen) atoms. The van der Waals surface area contributed by atoms with Gasteiger partial charge >= 0.3 is 0 Å². The Morgan fingerprint density at radius 1 is 1.32 bits per heavy atom. The number of aromatic nitrogens is 1. The molecule has 0 spiro atoms. The summed E-state index contributed by atoms with van der Waals surface area (Å²) in [6.45, 7) is 0. The number of carbonyl (C=O) groups excluding carboxylic acids is 1. The maximum Gasteiger partial charge on any atom is 0.226 e. The quantitative estimate of drug-likeness (QED) is 0.633. The topological polar surface area (TPSA) is 51.2 Å². The second kappa shape index (κ2) is 8.22. The number of hydrogen-bond acceptors (Lipinski definition) is 5. The molecule has 0 saturated heterocycles. The van der Waals surface area contributed by atoms with Crippen molar-refractivity contribution in [3.05, 3.63) is 51.8 Å². The highest BCUT2D eigenvalue weighted by atomic mass is 32.1. The van der Waals surface area contributed by atoms with Crippen molar-refractivity contribution in [2.45, 2.75) is 19.3 Å². The Labute approximate surface area is 153 Å². The van der Waals surface area contributed by atoms with E-state index in [-0.39, 0.29) is 11.7 Å². The molecule has 1 N–H and O–H groups in total. The van der Waals surface area contributed by atoms with Gasteiger partial charge in [0.1, 0.15) is 0 Å². The Hall–Kier alpha value is -2.25. The first-order valence-electron chi connectivity index (χ1n) is 7.77. The standard InChI is InChI=1S/C18H17FN2O2S2/c1-23-16-8-7-12(10-14(16)19)15-11-25-18(20-15)21-17(22)6-2-4-13-5-3-9-24-13/h3,5,7-11H,2,4,6H2,1H3,(H,20,21,22). The van der Waals surface area contributed by atoms with Gasteiger partial charge in [-0.05, 0) is 42.5 Å². The summed E-state index contributed by atoms with van der Waals surface area (Å²) < 4.78 is 18.7. The molecule has 1 aromatic carbocycles. The molecule has 0 bridgehead atoms. The highest BCUT2D eigenvalue weighted by Crippen LogP contribution is 2.28. The maximum absolute atomic E-state index is 13.8. The van der Waals surface area contributed by atoms with E-state index in [1.165, 1.54) is 29.4 Å². The minimum Gasteiger partial charge on any atom is -0.494 e. The molecule has 2 heterocycles. The van der Waals surface area contributed by atoms with E-state index in [1.807, 2.05) is 11.4 Å². The van der Waals surface area contributed by atoms with E-state index in [0.29, 0.717) is 22.8 Å². The summed E-state index contributed by atoms with van der Waals surface area (Å²) in [5.41, 5.74) is 1.27. The number of aryl methyl sites for hydroxylation is 1. The summed E-state index contributed by atoms with van der Waals surface area (Å²) in [6.07, 6.45) is 2.15. The highest BCUT2D eigenvalue weighted by molar-refractivity contribution is 7.14. The number of nitrogens with one attached hydrogen (secondary N) is 1. The second-order valence-corrected chi connectivity index (χ2v) is 7.26. The van der Waals surface area contributed by atoms with Crippen LogP contribution in [0.4, 0.5) is 9.52 Å². The lowest BCUT2D eigenvalue weighted by atomic mass is 10.1. The normalized spacial score (nSPS) is 10.6. The first kappa shape index (κ1) is 17.6. The number of carbonyl (C=O) groups is 1. The molecule has 7 heteroatoms. The lowest BCUT2D eigenvalue weighted by Gasteiger charge is -2.03. The zero-order valence-corrected chi connectivity index (χ0v) is 15.3. The van der Waals surface area contributed by atoms with Gasteiger partial charge in [0.25, 0.3) is 0 Å². The van der Waals surface area contributed by atoms with Crippen LogP contribution in [-0.4, -0.2) is 18.0 Å². The Balaban J connectivity index is 1.56. The molecule has 0 unspecified atom stereocenters. The molecule has 3 aromatic rings. The average molecular weight is 376 g/mol. The fourth-order valence-electron chi connectivity index (χ4n) is 2.35. The van der Waals surface area contributed by atoms with E-state index >= 15 is 0 Å². The molecule has 0 aliphatic rings. The number of benzene rings is 1. The van der Waals surface area contributed by atoms with E-state index in [2.05, 4.69) is 16.4 Å². The van der Waals surface area contributed by atoms with Gasteiger partial charge in [0.15, 0.2) is 16.7 Å². The number of hydrogen-bond donors (Lipinski definition) is 1. The van der Waals surface area contributed by atoms with Crippen LogP contribution in [0.25, 0.3) is 11.3 Å². The number of methoxy groups -OCH3 is 1. The predicted molar refractivity (Wildman–Crippen MR) is 99.9 cm³/mol. The molecule has 4 nitrogen and oxygen atoms in total. The summed E-state index contributed by atoms with van der Waals surface area (Å²) in [5, 5.41) is 7.15. The molecule has 2 aromatic heterocycles. The zero-order chi connectivity index (χ0) is 17.6. The monoisotopic (exact) mass is 376 g/mol. The van der Waals surface area contributed by atoms with E-state index < -0.39 is 5.82 Å². The van der Waals surface area contributed by atoms with Gasteiger partial charge in [0.2, 0.25) is 5.91 Å². The van der Waals surface area contributed by atoms with Crippen LogP contribution >= 0.6 is 22.7 Å². The Morgan fingerprint density at radius 3 is 2.92 bits per heavy atom. The first-order chi connectivity index (χ1) is 12.2. The van der Waals surface area contributed by atoms with E-state index in [9.17, 15) is 9.18 Å². The summed E-state index contributed by atoms with van der Waals surface area (Å²) >= 11 is 3.03. The van der Waals surface area contributed by atoms with Crippen LogP contribution < -0.4 is 10.1 Å². The van der Waals surface area contributed by atoms with E-state index in [1.54, 1.807) is 28.8 Å². The molecule has 0 aliphatic heterocycles. The summed E-state index contributed by atoms with van der Waals surface area (Å²) in [7, 11) is 1.42. The molecule has 0 saturated carbocycles. The number of amides is 1. The molecule has 130 valence electrons. The van der Waals surface area contributed by atoms with Gasteiger partial charge in [0.05, 0.1) is 12.8 Å². The number of anilines is 1. The van der Waals surface area contributed by atoms with Crippen molar-refractivity contribution in [1.82, 2.24) is 4.98 Å². The largest absolute Gasteiger partial charge is 0.494 e. The minimum absolute atomic E-state index is 0.0571. The third-order valence-electron chi connectivity index (χ3n) is 3.61. The first-order valence-corrected chi connectivity index (χ1v) is 9.53. The number of thiophene rings is 1. The van der Waals surface area contributed by atoms with Crippen LogP contribution in [0.1, 0.15) is 17.7 Å². The fraction of sp³-hybridized carbons (Fsp3) is 0.222. The van der Waals surface area contributed by atoms with Crippen molar-refractivity contribution in [1.29, 1.82) is 0 Å². The van der Waals surface area contributed by atoms with Crippen molar-refractivity contribution in [3.8, 4) is 17.0 Å². The van der Waals surface area contributed by atoms with Crippen molar-refractivity contribution in [2.75, 3.05) is 12.4 Å². The van der Waals surface area contributed by atoms with Gasteiger partial charge in [-0.1, -0.05) is 6.07 Å². The van der Waals surface area contributed by atoms with Gasteiger partial charge in [0, 0.05) is 22.2 Å². The lowest BCUT2D eigenvalue weighted by molar-refractivity contribution is -0.116. The van der Waals surface area contributed by atoms with Gasteiger partial charge in [-0.2, -0.15) is 0 Å². The summed E-state index contributed by atoms with van der Waals surface area (Å²) in [5.74, 6) is -0.302. The molecule has 0 atom stereocenters. The van der Waals surface area contributed by atoms with Crippen molar-refractivity contribution in [3.63, 3.8) is 0 Å². The second-order valence-electron chi connectivity index (χ2n) is 5.37. The van der Waals surface area contributed by atoms with Gasteiger partial charge in [-0.3, -0.25) is 4.79 Å². The smallest absolute Gasteiger partial charge is 0.226 e.